The Labute approximate surface area is 247 Å². The molecule has 0 spiro atoms. The van der Waals surface area contributed by atoms with Gasteiger partial charge in [-0.05, 0) is 90.5 Å². The standard InChI is InChI=1S/C10H23N3O2.C9H22N4O2.C6H15N3O2/c1-5-6-7-8-9-12(10(2,3)4)13(15)11-14;1-5-7-12(13(15)11-14)8-6-10-9(2,3)4;1-4-5-8(6(2)3)9(11)7-10/h14H,5-9H2,1-4H3;10,14H,5-8H2,1-4H3;6,10H,4-5H2,1-3H3/p-3/b2*13-11-;9-7-. The zero-order valence-corrected chi connectivity index (χ0v) is 27.3. The highest BCUT2D eigenvalue weighted by Crippen LogP contribution is 2.15. The third-order valence-corrected chi connectivity index (χ3v) is 5.43. The van der Waals surface area contributed by atoms with Gasteiger partial charge in [0.05, 0.1) is 37.8 Å². The largest absolute Gasteiger partial charge is 0.737 e. The highest BCUT2D eigenvalue weighted by atomic mass is 16.6. The molecule has 1 N–H and O–H groups in total. The molecule has 0 atom stereocenters. The number of hydrogen-bond acceptors (Lipinski definition) is 10. The molecule has 0 aromatic carbocycles. The molecule has 0 heterocycles. The molecule has 0 amide bonds. The summed E-state index contributed by atoms with van der Waals surface area (Å²) >= 11 is 0. The molecule has 0 fully saturated rings. The SMILES string of the molecule is CCCCCCN(/[N+]([O-])=N/[O-])C(C)(C)C.CCCN(C(C)C)/[N+]([O-])=N/[O-].CCCN(CCNC(C)(C)C)/[N+]([O-])=N/[O-]. The summed E-state index contributed by atoms with van der Waals surface area (Å²) in [6.45, 7) is 24.3. The summed E-state index contributed by atoms with van der Waals surface area (Å²) in [5.41, 5.74) is -0.345. The van der Waals surface area contributed by atoms with Gasteiger partial charge in [0.25, 0.3) is 0 Å². The molecule has 16 nitrogen and oxygen atoms in total. The van der Waals surface area contributed by atoms with Gasteiger partial charge in [-0.25, -0.2) is 0 Å². The van der Waals surface area contributed by atoms with E-state index in [0.717, 1.165) is 38.5 Å². The molecule has 0 aromatic rings. The molecule has 246 valence electrons. The summed E-state index contributed by atoms with van der Waals surface area (Å²) in [6, 6.07) is 0.0187. The maximum Gasteiger partial charge on any atom is 0.0899 e. The maximum absolute atomic E-state index is 11.2. The van der Waals surface area contributed by atoms with Crippen molar-refractivity contribution in [2.24, 2.45) is 15.8 Å². The number of rotatable bonds is 16. The summed E-state index contributed by atoms with van der Waals surface area (Å²) in [5, 5.41) is 77.5. The predicted octanol–water partition coefficient (Wildman–Crippen LogP) is 5.99. The van der Waals surface area contributed by atoms with Crippen LogP contribution in [-0.4, -0.2) is 79.8 Å². The van der Waals surface area contributed by atoms with E-state index in [1.54, 1.807) is 0 Å². The molecule has 0 saturated heterocycles. The van der Waals surface area contributed by atoms with Crippen molar-refractivity contribution in [3.8, 4) is 0 Å². The minimum atomic E-state index is -0.359. The summed E-state index contributed by atoms with van der Waals surface area (Å²) in [7, 11) is 0. The molecule has 41 heavy (non-hydrogen) atoms. The van der Waals surface area contributed by atoms with Crippen LogP contribution in [0.1, 0.15) is 115 Å². The van der Waals surface area contributed by atoms with Gasteiger partial charge in [0, 0.05) is 27.0 Å². The van der Waals surface area contributed by atoms with Crippen molar-refractivity contribution in [1.29, 1.82) is 0 Å². The minimum absolute atomic E-state index is 0.0141. The number of hydrazine groups is 3. The van der Waals surface area contributed by atoms with Gasteiger partial charge in [-0.15, -0.1) is 15.0 Å². The molecular weight excluding hydrogens is 536 g/mol. The Morgan fingerprint density at radius 2 is 1.17 bits per heavy atom. The molecule has 0 unspecified atom stereocenters. The summed E-state index contributed by atoms with van der Waals surface area (Å²) in [6.07, 6.45) is 5.94. The van der Waals surface area contributed by atoms with Crippen molar-refractivity contribution in [1.82, 2.24) is 20.3 Å². The van der Waals surface area contributed by atoms with Crippen LogP contribution in [-0.2, 0) is 0 Å². The van der Waals surface area contributed by atoms with Crippen molar-refractivity contribution in [2.75, 3.05) is 32.7 Å². The average molecular weight is 594 g/mol. The number of unbranched alkanes of at least 4 members (excludes halogenated alkanes) is 3. The van der Waals surface area contributed by atoms with Gasteiger partial charge < -0.3 is 36.6 Å². The van der Waals surface area contributed by atoms with Crippen LogP contribution in [0.4, 0.5) is 0 Å². The lowest BCUT2D eigenvalue weighted by atomic mass is 10.1. The van der Waals surface area contributed by atoms with E-state index in [-0.39, 0.29) is 32.0 Å². The molecule has 0 bridgehead atoms. The van der Waals surface area contributed by atoms with E-state index in [1.165, 1.54) is 15.0 Å². The molecule has 0 radical (unpaired) electrons. The average Bonchev–Trinajstić information content (AvgIpc) is 2.89. The lowest BCUT2D eigenvalue weighted by molar-refractivity contribution is -0.706. The van der Waals surface area contributed by atoms with Gasteiger partial charge in [-0.1, -0.05) is 40.0 Å². The second kappa shape index (κ2) is 23.6. The van der Waals surface area contributed by atoms with Crippen molar-refractivity contribution in [3.63, 3.8) is 0 Å². The third-order valence-electron chi connectivity index (χ3n) is 5.43. The Morgan fingerprint density at radius 3 is 1.54 bits per heavy atom. The lowest BCUT2D eigenvalue weighted by Crippen LogP contribution is -2.46. The van der Waals surface area contributed by atoms with Crippen LogP contribution < -0.4 is 5.32 Å². The van der Waals surface area contributed by atoms with Crippen molar-refractivity contribution in [3.05, 3.63) is 31.2 Å². The van der Waals surface area contributed by atoms with E-state index >= 15 is 0 Å². The Hall–Kier alpha value is -3.04. The van der Waals surface area contributed by atoms with Gasteiger partial charge in [0.1, 0.15) is 0 Å². The smallest absolute Gasteiger partial charge is 0.0899 e. The molecule has 0 aliphatic carbocycles. The van der Waals surface area contributed by atoms with Crippen molar-refractivity contribution >= 4 is 0 Å². The zero-order chi connectivity index (χ0) is 32.6. The molecule has 0 aliphatic rings. The van der Waals surface area contributed by atoms with E-state index in [4.69, 9.17) is 0 Å². The first-order valence-electron chi connectivity index (χ1n) is 14.4. The number of nitrogens with one attached hydrogen (secondary N) is 1. The normalized spacial score (nSPS) is 12.7. The van der Waals surface area contributed by atoms with Gasteiger partial charge >= 0.3 is 0 Å². The van der Waals surface area contributed by atoms with Crippen molar-refractivity contribution in [2.45, 2.75) is 132 Å². The highest BCUT2D eigenvalue weighted by molar-refractivity contribution is 4.70. The first kappa shape index (κ1) is 42.4. The Kier molecular flexibility index (Phi) is 24.5. The second-order valence-corrected chi connectivity index (χ2v) is 11.7. The predicted molar refractivity (Wildman–Crippen MR) is 161 cm³/mol. The van der Waals surface area contributed by atoms with Crippen LogP contribution in [0.15, 0.2) is 15.8 Å². The van der Waals surface area contributed by atoms with Gasteiger partial charge in [0.15, 0.2) is 0 Å². The van der Waals surface area contributed by atoms with Crippen LogP contribution >= 0.6 is 0 Å². The van der Waals surface area contributed by atoms with Gasteiger partial charge in [0.2, 0.25) is 0 Å². The van der Waals surface area contributed by atoms with Crippen LogP contribution in [0.25, 0.3) is 0 Å². The number of nitrogens with zero attached hydrogens (tertiary/aromatic N) is 9. The fourth-order valence-electron chi connectivity index (χ4n) is 3.38. The van der Waals surface area contributed by atoms with Crippen molar-refractivity contribution < 1.29 is 14.9 Å². The Balaban J connectivity index is -0.000000536. The highest BCUT2D eigenvalue weighted by Gasteiger charge is 2.27. The van der Waals surface area contributed by atoms with E-state index in [2.05, 4.69) is 28.1 Å². The van der Waals surface area contributed by atoms with Gasteiger partial charge in [-0.2, -0.15) is 0 Å². The van der Waals surface area contributed by atoms with Gasteiger partial charge in [-0.3, -0.25) is 0 Å². The van der Waals surface area contributed by atoms with Crippen LogP contribution in [0.3, 0.4) is 0 Å². The Bertz CT molecular complexity index is 725. The van der Waals surface area contributed by atoms with Crippen LogP contribution in [0, 0.1) is 31.2 Å². The molecule has 0 saturated carbocycles. The zero-order valence-electron chi connectivity index (χ0n) is 27.3. The van der Waals surface area contributed by atoms with Crippen LogP contribution in [0.2, 0.25) is 0 Å². The maximum atomic E-state index is 11.2. The fraction of sp³-hybridized carbons (Fsp3) is 1.00. The topological polar surface area (TPSA) is 206 Å². The van der Waals surface area contributed by atoms with E-state index in [1.807, 2.05) is 69.2 Å². The molecule has 0 aliphatic heterocycles. The molecular formula is C25H57N10O6-3. The first-order chi connectivity index (χ1) is 19.0. The number of hydrogen-bond donors (Lipinski definition) is 1. The fourth-order valence-corrected chi connectivity index (χ4v) is 3.38. The summed E-state index contributed by atoms with van der Waals surface area (Å²) < 4.78 is 0. The van der Waals surface area contributed by atoms with E-state index in [0.29, 0.717) is 32.7 Å². The lowest BCUT2D eigenvalue weighted by Gasteiger charge is -2.31. The minimum Gasteiger partial charge on any atom is -0.737 e. The summed E-state index contributed by atoms with van der Waals surface area (Å²) in [5.74, 6) is 0. The van der Waals surface area contributed by atoms with E-state index in [9.17, 15) is 31.2 Å². The summed E-state index contributed by atoms with van der Waals surface area (Å²) in [4.78, 5) is 0.383. The molecule has 0 aromatic heterocycles. The second-order valence-electron chi connectivity index (χ2n) is 11.7. The monoisotopic (exact) mass is 593 g/mol. The molecule has 16 heteroatoms. The third kappa shape index (κ3) is 23.4. The Morgan fingerprint density at radius 1 is 0.659 bits per heavy atom. The van der Waals surface area contributed by atoms with E-state index < -0.39 is 0 Å². The quantitative estimate of drug-likeness (QED) is 0.0957. The first-order valence-corrected chi connectivity index (χ1v) is 14.4. The molecule has 0 rings (SSSR count). The van der Waals surface area contributed by atoms with Crippen LogP contribution in [0.5, 0.6) is 0 Å².